The van der Waals surface area contributed by atoms with E-state index in [1.165, 1.54) is 47.8 Å². The molecule has 0 bridgehead atoms. The molecule has 13 heteroatoms. The van der Waals surface area contributed by atoms with Crippen LogP contribution in [0.2, 0.25) is 0 Å². The molecule has 0 aliphatic rings. The minimum atomic E-state index is -0.512. The van der Waals surface area contributed by atoms with Crippen molar-refractivity contribution in [1.29, 1.82) is 0 Å². The van der Waals surface area contributed by atoms with E-state index in [0.717, 1.165) is 0 Å². The summed E-state index contributed by atoms with van der Waals surface area (Å²) in [5.74, 6) is -0.976. The van der Waals surface area contributed by atoms with E-state index < -0.39 is 23.1 Å². The monoisotopic (exact) mass is 513 g/mol. The molecule has 0 unspecified atom stereocenters. The largest absolute Gasteiger partial charge is 4.00 e. The van der Waals surface area contributed by atoms with E-state index in [-0.39, 0.29) is 44.3 Å². The van der Waals surface area contributed by atoms with Gasteiger partial charge in [-0.1, -0.05) is 0 Å². The average Bonchev–Trinajstić information content (AvgIpc) is 2.30. The van der Waals surface area contributed by atoms with Crippen LogP contribution in [0.15, 0.2) is 34.1 Å². The minimum Gasteiger partial charge on any atom is -0.858 e. The molecule has 0 amide bonds. The van der Waals surface area contributed by atoms with Gasteiger partial charge in [0.15, 0.2) is 0 Å². The zero-order valence-electron chi connectivity index (χ0n) is 12.2. The summed E-state index contributed by atoms with van der Waals surface area (Å²) in [6.45, 7) is 0. The van der Waals surface area contributed by atoms with Crippen LogP contribution < -0.4 is 21.6 Å². The molecule has 2 heterocycles. The van der Waals surface area contributed by atoms with E-state index in [0.29, 0.717) is 0 Å². The standard InChI is InChI=1S/2C5H6N2O2.2H2N.2H2O.Pt/c2*1-7-3-2-4(8)6-5(7)9;;;;;/h2*2-3H,1H3,(H,6,8,9);4*1H2;/q;;2*-1;;;+4/p-2. The van der Waals surface area contributed by atoms with Crippen LogP contribution in [-0.4, -0.2) is 30.1 Å². The first-order valence-electron chi connectivity index (χ1n) is 4.81. The van der Waals surface area contributed by atoms with Crippen LogP contribution in [0, 0.1) is 0 Å². The van der Waals surface area contributed by atoms with Gasteiger partial charge in [0.25, 0.3) is 0 Å². The molecule has 0 spiro atoms. The van der Waals surface area contributed by atoms with Gasteiger partial charge in [0, 0.05) is 26.5 Å². The Morgan fingerprint density at radius 2 is 1.09 bits per heavy atom. The summed E-state index contributed by atoms with van der Waals surface area (Å²) in [7, 11) is 3.07. The normalized spacial score (nSPS) is 7.39. The van der Waals surface area contributed by atoms with Crippen molar-refractivity contribution in [3.63, 3.8) is 0 Å². The number of aryl methyl sites for hydroxylation is 2. The van der Waals surface area contributed by atoms with Gasteiger partial charge in [-0.15, -0.1) is 0 Å². The van der Waals surface area contributed by atoms with Crippen molar-refractivity contribution in [2.75, 3.05) is 0 Å². The van der Waals surface area contributed by atoms with E-state index in [1.807, 2.05) is 0 Å². The molecule has 12 nitrogen and oxygen atoms in total. The van der Waals surface area contributed by atoms with Crippen molar-refractivity contribution < 1.29 is 42.2 Å². The summed E-state index contributed by atoms with van der Waals surface area (Å²) in [4.78, 5) is 27.2. The van der Waals surface area contributed by atoms with E-state index in [4.69, 9.17) is 0 Å². The SMILES string of the molecule is Cn1ccc([O-])nc1=O.Cn1ccc([O-])nc1=O.O.O.[NH2-].[NH2-].[Pt+4]. The first-order valence-corrected chi connectivity index (χ1v) is 4.81. The third-order valence-electron chi connectivity index (χ3n) is 1.90. The molecular weight excluding hydrogens is 495 g/mol. The van der Waals surface area contributed by atoms with Crippen molar-refractivity contribution in [2.45, 2.75) is 0 Å². The number of hydrogen-bond acceptors (Lipinski definition) is 6. The molecule has 2 rings (SSSR count). The van der Waals surface area contributed by atoms with Gasteiger partial charge in [-0.05, 0) is 23.9 Å². The van der Waals surface area contributed by atoms with Crippen molar-refractivity contribution in [2.24, 2.45) is 14.1 Å². The minimum absolute atomic E-state index is 0. The zero-order chi connectivity index (χ0) is 13.7. The number of nitrogens with two attached hydrogens (primary N) is 2. The van der Waals surface area contributed by atoms with Gasteiger partial charge in [0.05, 0.1) is 0 Å². The number of nitrogens with zero attached hydrogens (tertiary/aromatic N) is 4. The quantitative estimate of drug-likeness (QED) is 0.368. The smallest absolute Gasteiger partial charge is 0.858 e. The van der Waals surface area contributed by atoms with Crippen LogP contribution in [0.5, 0.6) is 11.8 Å². The summed E-state index contributed by atoms with van der Waals surface area (Å²) in [6.07, 6.45) is 2.77. The van der Waals surface area contributed by atoms with Gasteiger partial charge in [-0.2, -0.15) is 0 Å². The van der Waals surface area contributed by atoms with Crippen molar-refractivity contribution in [3.8, 4) is 11.8 Å². The second-order valence-corrected chi connectivity index (χ2v) is 3.32. The maximum Gasteiger partial charge on any atom is 4.00 e. The van der Waals surface area contributed by atoms with Crippen LogP contribution >= 0.6 is 0 Å². The van der Waals surface area contributed by atoms with Gasteiger partial charge in [0.1, 0.15) is 0 Å². The Labute approximate surface area is 145 Å². The zero-order valence-corrected chi connectivity index (χ0v) is 14.5. The van der Waals surface area contributed by atoms with Crippen molar-refractivity contribution in [1.82, 2.24) is 19.1 Å². The van der Waals surface area contributed by atoms with Gasteiger partial charge < -0.3 is 42.6 Å². The molecule has 0 saturated heterocycles. The molecular formula is C10H18N6O6Pt. The Morgan fingerprint density at radius 3 is 1.26 bits per heavy atom. The third kappa shape index (κ3) is 11.2. The molecule has 8 N–H and O–H groups in total. The fraction of sp³-hybridized carbons (Fsp3) is 0.200. The summed E-state index contributed by atoms with van der Waals surface area (Å²) >= 11 is 0. The third-order valence-corrected chi connectivity index (χ3v) is 1.90. The Hall–Kier alpha value is -2.11. The first kappa shape index (κ1) is 32.7. The summed E-state index contributed by atoms with van der Waals surface area (Å²) in [5, 5.41) is 20.6. The molecule has 2 aromatic heterocycles. The molecule has 2 aromatic rings. The van der Waals surface area contributed by atoms with Gasteiger partial charge in [-0.3, -0.25) is 0 Å². The Bertz CT molecular complexity index is 603. The molecule has 0 aliphatic heterocycles. The van der Waals surface area contributed by atoms with Gasteiger partial charge in [0.2, 0.25) is 0 Å². The van der Waals surface area contributed by atoms with Crippen molar-refractivity contribution >= 4 is 0 Å². The molecule has 0 fully saturated rings. The fourth-order valence-corrected chi connectivity index (χ4v) is 0.899. The Kier molecular flexibility index (Phi) is 21.1. The van der Waals surface area contributed by atoms with Crippen LogP contribution in [0.25, 0.3) is 12.3 Å². The maximum absolute atomic E-state index is 10.5. The van der Waals surface area contributed by atoms with Gasteiger partial charge >= 0.3 is 32.4 Å². The molecule has 0 radical (unpaired) electrons. The first-order chi connectivity index (χ1) is 8.40. The van der Waals surface area contributed by atoms with E-state index in [9.17, 15) is 19.8 Å². The topological polar surface area (TPSA) is 246 Å². The van der Waals surface area contributed by atoms with Crippen LogP contribution in [0.4, 0.5) is 0 Å². The van der Waals surface area contributed by atoms with Crippen LogP contribution in [0.1, 0.15) is 0 Å². The van der Waals surface area contributed by atoms with Crippen molar-refractivity contribution in [3.05, 3.63) is 57.8 Å². The molecule has 134 valence electrons. The molecule has 0 atom stereocenters. The van der Waals surface area contributed by atoms with Gasteiger partial charge in [-0.25, -0.2) is 19.6 Å². The molecule has 0 saturated carbocycles. The second-order valence-electron chi connectivity index (χ2n) is 3.32. The fourth-order valence-electron chi connectivity index (χ4n) is 0.899. The maximum atomic E-state index is 10.5. The molecule has 23 heavy (non-hydrogen) atoms. The van der Waals surface area contributed by atoms with E-state index >= 15 is 0 Å². The number of hydrogen-bond donors (Lipinski definition) is 0. The van der Waals surface area contributed by atoms with E-state index in [2.05, 4.69) is 9.97 Å². The van der Waals surface area contributed by atoms with Crippen LogP contribution in [-0.2, 0) is 35.2 Å². The predicted octanol–water partition coefficient (Wildman–Crippen LogP) is -2.51. The average molecular weight is 513 g/mol. The predicted molar refractivity (Wildman–Crippen MR) is 75.6 cm³/mol. The summed E-state index contributed by atoms with van der Waals surface area (Å²) in [6, 6.07) is 2.48. The summed E-state index contributed by atoms with van der Waals surface area (Å²) in [5.41, 5.74) is -1.02. The Balaban J connectivity index is -0.0000000771. The Morgan fingerprint density at radius 1 is 0.826 bits per heavy atom. The molecule has 0 aliphatic carbocycles. The van der Waals surface area contributed by atoms with E-state index in [1.54, 1.807) is 0 Å². The number of aromatic nitrogens is 4. The molecule has 0 aromatic carbocycles. The number of rotatable bonds is 0. The second kappa shape index (κ2) is 14.8. The summed E-state index contributed by atoms with van der Waals surface area (Å²) < 4.78 is 2.47. The van der Waals surface area contributed by atoms with Crippen LogP contribution in [0.3, 0.4) is 0 Å².